The van der Waals surface area contributed by atoms with Crippen LogP contribution in [0.5, 0.6) is 0 Å². The first-order valence-electron chi connectivity index (χ1n) is 10.7. The Balaban J connectivity index is 1.51. The molecule has 1 heterocycles. The van der Waals surface area contributed by atoms with Gasteiger partial charge in [0.2, 0.25) is 0 Å². The summed E-state index contributed by atoms with van der Waals surface area (Å²) in [5.41, 5.74) is 1.54. The van der Waals surface area contributed by atoms with Crippen molar-refractivity contribution in [1.82, 2.24) is 5.32 Å². The fourth-order valence-electron chi connectivity index (χ4n) is 8.10. The molecule has 4 heteroatoms. The second kappa shape index (κ2) is 5.57. The van der Waals surface area contributed by atoms with Crippen molar-refractivity contribution >= 4 is 5.97 Å². The molecule has 0 amide bonds. The maximum Gasteiger partial charge on any atom is 0.313 e. The number of rotatable bonds is 1. The Morgan fingerprint density at radius 1 is 1.27 bits per heavy atom. The Bertz CT molecular complexity index is 660. The maximum atomic E-state index is 12.9. The van der Waals surface area contributed by atoms with Gasteiger partial charge in [-0.15, -0.1) is 0 Å². The molecule has 3 saturated carbocycles. The van der Waals surface area contributed by atoms with Gasteiger partial charge in [-0.2, -0.15) is 0 Å². The molecule has 1 saturated heterocycles. The zero-order valence-electron chi connectivity index (χ0n) is 16.3. The highest BCUT2D eigenvalue weighted by Gasteiger charge is 2.70. The quantitative estimate of drug-likeness (QED) is 0.558. The van der Waals surface area contributed by atoms with E-state index in [0.29, 0.717) is 23.8 Å². The number of cyclic esters (lactones) is 1. The lowest BCUT2D eigenvalue weighted by atomic mass is 9.47. The SMILES string of the molecule is CN[C@H]1CC[C@@]2(C)C(=CC[C@H]3[C@@H]4C[C@@H](O)[C@@H]5[C@H](C)OC(=O)[C@@]54CC[C@@H]32)C1. The minimum Gasteiger partial charge on any atom is -0.462 e. The number of allylic oxidation sites excluding steroid dienone is 1. The van der Waals surface area contributed by atoms with Gasteiger partial charge in [0, 0.05) is 12.0 Å². The van der Waals surface area contributed by atoms with Crippen LogP contribution in [-0.4, -0.2) is 36.4 Å². The summed E-state index contributed by atoms with van der Waals surface area (Å²) in [6.07, 6.45) is 9.58. The Hall–Kier alpha value is -0.870. The number of hydrogen-bond acceptors (Lipinski definition) is 4. The van der Waals surface area contributed by atoms with Gasteiger partial charge in [0.1, 0.15) is 6.10 Å². The summed E-state index contributed by atoms with van der Waals surface area (Å²) in [4.78, 5) is 12.9. The predicted octanol–water partition coefficient (Wildman–Crippen LogP) is 3.05. The lowest BCUT2D eigenvalue weighted by Crippen LogP contribution is -2.53. The van der Waals surface area contributed by atoms with Crippen molar-refractivity contribution in [2.45, 2.75) is 77.0 Å². The van der Waals surface area contributed by atoms with E-state index in [1.807, 2.05) is 6.92 Å². The molecule has 0 aromatic heterocycles. The van der Waals surface area contributed by atoms with Crippen LogP contribution in [0.3, 0.4) is 0 Å². The van der Waals surface area contributed by atoms with E-state index in [0.717, 1.165) is 25.7 Å². The summed E-state index contributed by atoms with van der Waals surface area (Å²) < 4.78 is 5.68. The summed E-state index contributed by atoms with van der Waals surface area (Å²) >= 11 is 0. The van der Waals surface area contributed by atoms with Crippen molar-refractivity contribution in [2.24, 2.45) is 34.5 Å². The summed E-state index contributed by atoms with van der Waals surface area (Å²) in [5, 5.41) is 14.3. The normalized spacial score (nSPS) is 55.3. The summed E-state index contributed by atoms with van der Waals surface area (Å²) in [7, 11) is 2.08. The molecule has 5 aliphatic rings. The third-order valence-electron chi connectivity index (χ3n) is 9.32. The molecule has 4 nitrogen and oxygen atoms in total. The van der Waals surface area contributed by atoms with E-state index < -0.39 is 5.41 Å². The summed E-state index contributed by atoms with van der Waals surface area (Å²) in [5.74, 6) is 1.50. The highest BCUT2D eigenvalue weighted by Crippen LogP contribution is 2.68. The number of hydrogen-bond donors (Lipinski definition) is 2. The Kier molecular flexibility index (Phi) is 3.70. The van der Waals surface area contributed by atoms with E-state index in [-0.39, 0.29) is 29.5 Å². The van der Waals surface area contributed by atoms with Crippen LogP contribution in [0.4, 0.5) is 0 Å². The number of aliphatic hydroxyl groups excluding tert-OH is 1. The second-order valence-electron chi connectivity index (χ2n) is 10.0. The van der Waals surface area contributed by atoms with E-state index in [4.69, 9.17) is 4.74 Å². The Morgan fingerprint density at radius 3 is 2.85 bits per heavy atom. The second-order valence-corrected chi connectivity index (χ2v) is 10.0. The molecule has 4 aliphatic carbocycles. The van der Waals surface area contributed by atoms with Crippen LogP contribution in [-0.2, 0) is 9.53 Å². The van der Waals surface area contributed by atoms with Crippen molar-refractivity contribution in [1.29, 1.82) is 0 Å². The van der Waals surface area contributed by atoms with Crippen LogP contribution in [0, 0.1) is 34.5 Å². The predicted molar refractivity (Wildman–Crippen MR) is 99.3 cm³/mol. The van der Waals surface area contributed by atoms with E-state index in [9.17, 15) is 9.90 Å². The lowest BCUT2D eigenvalue weighted by Gasteiger charge is -2.57. The van der Waals surface area contributed by atoms with E-state index >= 15 is 0 Å². The fraction of sp³-hybridized carbons (Fsp3) is 0.864. The van der Waals surface area contributed by atoms with Crippen LogP contribution in [0.15, 0.2) is 11.6 Å². The molecule has 1 spiro atoms. The highest BCUT2D eigenvalue weighted by atomic mass is 16.6. The van der Waals surface area contributed by atoms with Crippen molar-refractivity contribution < 1.29 is 14.6 Å². The molecule has 4 fully saturated rings. The number of fused-ring (bicyclic) bond motifs is 4. The zero-order valence-corrected chi connectivity index (χ0v) is 16.3. The van der Waals surface area contributed by atoms with Gasteiger partial charge in [0.15, 0.2) is 0 Å². The minimum absolute atomic E-state index is 0.00572. The lowest BCUT2D eigenvalue weighted by molar-refractivity contribution is -0.156. The first-order chi connectivity index (χ1) is 12.4. The van der Waals surface area contributed by atoms with Gasteiger partial charge < -0.3 is 15.2 Å². The minimum atomic E-state index is -0.399. The number of nitrogens with one attached hydrogen (secondary N) is 1. The molecular formula is C22H33NO3. The van der Waals surface area contributed by atoms with Gasteiger partial charge in [-0.1, -0.05) is 18.6 Å². The molecule has 0 bridgehead atoms. The standard InChI is InChI=1S/C22H33NO3/c1-12-19-18(24)11-17-15-5-4-13-10-14(23-3)6-8-21(13,2)16(15)7-9-22(17,19)20(25)26-12/h4,12,14-19,23-24H,5-11H2,1-3H3/t12-,14-,15+,16-,17-,18+,19-,21-,22+/m0/s1. The van der Waals surface area contributed by atoms with Crippen molar-refractivity contribution in [3.8, 4) is 0 Å². The number of carbonyl (C=O) groups excluding carboxylic acids is 1. The average molecular weight is 360 g/mol. The number of esters is 1. The molecule has 2 N–H and O–H groups in total. The van der Waals surface area contributed by atoms with E-state index in [2.05, 4.69) is 25.4 Å². The monoisotopic (exact) mass is 359 g/mol. The number of carbonyl (C=O) groups is 1. The van der Waals surface area contributed by atoms with Gasteiger partial charge in [0.05, 0.1) is 11.5 Å². The van der Waals surface area contributed by atoms with E-state index in [1.165, 1.54) is 19.3 Å². The Labute approximate surface area is 156 Å². The first kappa shape index (κ1) is 17.2. The van der Waals surface area contributed by atoms with E-state index in [1.54, 1.807) is 5.57 Å². The van der Waals surface area contributed by atoms with Crippen molar-refractivity contribution in [3.63, 3.8) is 0 Å². The van der Waals surface area contributed by atoms with Crippen molar-refractivity contribution in [2.75, 3.05) is 7.05 Å². The van der Waals surface area contributed by atoms with Crippen LogP contribution in [0.2, 0.25) is 0 Å². The summed E-state index contributed by atoms with van der Waals surface area (Å²) in [6.45, 7) is 4.46. The molecule has 0 radical (unpaired) electrons. The highest BCUT2D eigenvalue weighted by molar-refractivity contribution is 5.81. The van der Waals surface area contributed by atoms with Gasteiger partial charge in [-0.25, -0.2) is 0 Å². The molecular weight excluding hydrogens is 326 g/mol. The van der Waals surface area contributed by atoms with Crippen LogP contribution in [0.25, 0.3) is 0 Å². The molecule has 1 aliphatic heterocycles. The van der Waals surface area contributed by atoms with Gasteiger partial charge in [0.25, 0.3) is 0 Å². The largest absolute Gasteiger partial charge is 0.462 e. The topological polar surface area (TPSA) is 58.6 Å². The molecule has 5 rings (SSSR count). The average Bonchev–Trinajstić information content (AvgIpc) is 3.06. The number of aliphatic hydroxyl groups is 1. The first-order valence-corrected chi connectivity index (χ1v) is 10.7. The van der Waals surface area contributed by atoms with Gasteiger partial charge in [-0.05, 0) is 82.1 Å². The molecule has 144 valence electrons. The summed E-state index contributed by atoms with van der Waals surface area (Å²) in [6, 6.07) is 0.615. The molecule has 9 atom stereocenters. The van der Waals surface area contributed by atoms with Crippen LogP contribution < -0.4 is 5.32 Å². The molecule has 0 unspecified atom stereocenters. The van der Waals surface area contributed by atoms with Crippen LogP contribution >= 0.6 is 0 Å². The van der Waals surface area contributed by atoms with Crippen LogP contribution in [0.1, 0.15) is 58.8 Å². The smallest absolute Gasteiger partial charge is 0.313 e. The van der Waals surface area contributed by atoms with Crippen molar-refractivity contribution in [3.05, 3.63) is 11.6 Å². The Morgan fingerprint density at radius 2 is 2.08 bits per heavy atom. The van der Waals surface area contributed by atoms with Gasteiger partial charge >= 0.3 is 5.97 Å². The fourth-order valence-corrected chi connectivity index (χ4v) is 8.10. The zero-order chi connectivity index (χ0) is 18.3. The molecule has 0 aromatic carbocycles. The maximum absolute atomic E-state index is 12.9. The number of ether oxygens (including phenoxy) is 1. The third-order valence-corrected chi connectivity index (χ3v) is 9.32. The molecule has 0 aromatic rings. The van der Waals surface area contributed by atoms with Gasteiger partial charge in [-0.3, -0.25) is 4.79 Å². The molecule has 26 heavy (non-hydrogen) atoms. The third kappa shape index (κ3) is 1.95.